The monoisotopic (exact) mass is 328 g/mol. The van der Waals surface area contributed by atoms with Gasteiger partial charge in [-0.25, -0.2) is 9.97 Å². The molecule has 1 atom stereocenters. The van der Waals surface area contributed by atoms with Crippen molar-refractivity contribution in [3.63, 3.8) is 0 Å². The number of amides is 1. The molecule has 0 spiro atoms. The van der Waals surface area contributed by atoms with Gasteiger partial charge < -0.3 is 14.8 Å². The van der Waals surface area contributed by atoms with Gasteiger partial charge in [0, 0.05) is 57.9 Å². The van der Waals surface area contributed by atoms with Crippen LogP contribution in [0.5, 0.6) is 0 Å². The molecule has 0 aromatic carbocycles. The number of carbonyl (C=O) groups excluding carboxylic acids is 1. The minimum Gasteiger partial charge on any atom is -0.372 e. The average molecular weight is 328 g/mol. The zero-order chi connectivity index (χ0) is 16.8. The minimum absolute atomic E-state index is 0.224. The van der Waals surface area contributed by atoms with Crippen LogP contribution in [0.4, 0.5) is 5.82 Å². The zero-order valence-corrected chi connectivity index (χ0v) is 14.1. The predicted octanol–water partition coefficient (Wildman–Crippen LogP) is 1.59. The summed E-state index contributed by atoms with van der Waals surface area (Å²) in [7, 11) is 1.86. The van der Waals surface area contributed by atoms with Crippen molar-refractivity contribution in [3.8, 4) is 0 Å². The number of carbonyl (C=O) groups is 1. The summed E-state index contributed by atoms with van der Waals surface area (Å²) in [5.41, 5.74) is 0.984. The third kappa shape index (κ3) is 4.10. The van der Waals surface area contributed by atoms with Crippen LogP contribution in [0.3, 0.4) is 0 Å². The summed E-state index contributed by atoms with van der Waals surface area (Å²) in [5, 5.41) is 3.09. The third-order valence-electron chi connectivity index (χ3n) is 4.51. The van der Waals surface area contributed by atoms with E-state index in [1.807, 2.05) is 22.7 Å². The van der Waals surface area contributed by atoms with E-state index in [1.165, 1.54) is 0 Å². The highest BCUT2D eigenvalue weighted by Gasteiger charge is 2.24. The molecule has 24 heavy (non-hydrogen) atoms. The van der Waals surface area contributed by atoms with Gasteiger partial charge >= 0.3 is 0 Å². The van der Waals surface area contributed by atoms with E-state index in [4.69, 9.17) is 0 Å². The van der Waals surface area contributed by atoms with Crippen LogP contribution in [0, 0.1) is 5.92 Å². The number of anilines is 1. The van der Waals surface area contributed by atoms with Crippen molar-refractivity contribution in [2.24, 2.45) is 5.92 Å². The van der Waals surface area contributed by atoms with Crippen molar-refractivity contribution >= 4 is 11.7 Å². The van der Waals surface area contributed by atoms with Gasteiger partial charge in [-0.2, -0.15) is 0 Å². The molecule has 0 bridgehead atoms. The largest absolute Gasteiger partial charge is 0.372 e. The first-order valence-corrected chi connectivity index (χ1v) is 8.47. The Morgan fingerprint density at radius 3 is 3.00 bits per heavy atom. The van der Waals surface area contributed by atoms with E-state index in [-0.39, 0.29) is 5.91 Å². The Kier molecular flexibility index (Phi) is 5.40. The average Bonchev–Trinajstić information content (AvgIpc) is 3.14. The van der Waals surface area contributed by atoms with Gasteiger partial charge in [-0.15, -0.1) is 0 Å². The van der Waals surface area contributed by atoms with Crippen molar-refractivity contribution in [2.45, 2.75) is 32.2 Å². The number of likely N-dealkylation sites (tertiary alicyclic amines) is 1. The van der Waals surface area contributed by atoms with Gasteiger partial charge in [0.2, 0.25) is 5.91 Å². The van der Waals surface area contributed by atoms with Gasteiger partial charge in [-0.05, 0) is 25.2 Å². The molecule has 0 saturated carbocycles. The van der Waals surface area contributed by atoms with Crippen LogP contribution in [0.1, 0.15) is 25.0 Å². The van der Waals surface area contributed by atoms with Gasteiger partial charge in [0.25, 0.3) is 0 Å². The lowest BCUT2D eigenvalue weighted by atomic mass is 9.93. The Morgan fingerprint density at radius 2 is 2.21 bits per heavy atom. The molecule has 0 aliphatic carbocycles. The van der Waals surface area contributed by atoms with Crippen molar-refractivity contribution in [1.82, 2.24) is 24.4 Å². The maximum absolute atomic E-state index is 12.5. The summed E-state index contributed by atoms with van der Waals surface area (Å²) in [4.78, 5) is 27.2. The molecule has 1 fully saturated rings. The molecule has 1 saturated heterocycles. The molecule has 1 aliphatic heterocycles. The van der Waals surface area contributed by atoms with Crippen LogP contribution in [0.2, 0.25) is 0 Å². The van der Waals surface area contributed by atoms with E-state index in [9.17, 15) is 4.79 Å². The van der Waals surface area contributed by atoms with Crippen molar-refractivity contribution < 1.29 is 4.79 Å². The molecule has 1 amide bonds. The highest BCUT2D eigenvalue weighted by molar-refractivity contribution is 5.76. The number of imidazole rings is 1. The molecule has 2 aromatic heterocycles. The second-order valence-corrected chi connectivity index (χ2v) is 6.20. The molecule has 7 heteroatoms. The second-order valence-electron chi connectivity index (χ2n) is 6.20. The molecule has 2 aromatic rings. The number of aryl methyl sites for hydroxylation is 1. The van der Waals surface area contributed by atoms with E-state index < -0.39 is 0 Å². The van der Waals surface area contributed by atoms with Crippen LogP contribution in [0.25, 0.3) is 0 Å². The molecular weight excluding hydrogens is 304 g/mol. The maximum Gasteiger partial charge on any atom is 0.224 e. The fraction of sp³-hybridized carbons (Fsp3) is 0.529. The topological polar surface area (TPSA) is 75.9 Å². The minimum atomic E-state index is 0.224. The van der Waals surface area contributed by atoms with Crippen LogP contribution >= 0.6 is 0 Å². The second kappa shape index (κ2) is 7.90. The van der Waals surface area contributed by atoms with E-state index in [1.54, 1.807) is 24.9 Å². The molecule has 3 rings (SSSR count). The zero-order valence-electron chi connectivity index (χ0n) is 14.1. The number of nitrogens with zero attached hydrogens (tertiary/aromatic N) is 5. The first-order chi connectivity index (χ1) is 11.8. The molecule has 1 aliphatic rings. The number of nitrogens with one attached hydrogen (secondary N) is 1. The first kappa shape index (κ1) is 16.4. The molecule has 1 N–H and O–H groups in total. The fourth-order valence-electron chi connectivity index (χ4n) is 3.26. The lowest BCUT2D eigenvalue weighted by molar-refractivity contribution is -0.133. The number of hydrogen-bond acceptors (Lipinski definition) is 5. The summed E-state index contributed by atoms with van der Waals surface area (Å²) in [6, 6.07) is 0. The summed E-state index contributed by atoms with van der Waals surface area (Å²) in [5.74, 6) is 1.50. The SMILES string of the molecule is CNc1nccnc1C[C@H]1CCCN(C(=O)CCn2ccnc2)C1. The van der Waals surface area contributed by atoms with E-state index in [2.05, 4.69) is 20.3 Å². The summed E-state index contributed by atoms with van der Waals surface area (Å²) < 4.78 is 1.94. The smallest absolute Gasteiger partial charge is 0.224 e. The van der Waals surface area contributed by atoms with E-state index in [0.29, 0.717) is 18.9 Å². The Balaban J connectivity index is 1.54. The Bertz CT molecular complexity index is 657. The van der Waals surface area contributed by atoms with Gasteiger partial charge in [0.15, 0.2) is 0 Å². The summed E-state index contributed by atoms with van der Waals surface area (Å²) in [6.45, 7) is 2.36. The fourth-order valence-corrected chi connectivity index (χ4v) is 3.26. The lowest BCUT2D eigenvalue weighted by Gasteiger charge is -2.33. The van der Waals surface area contributed by atoms with Crippen molar-refractivity contribution in [2.75, 3.05) is 25.5 Å². The van der Waals surface area contributed by atoms with E-state index >= 15 is 0 Å². The normalized spacial score (nSPS) is 17.7. The number of rotatable bonds is 6. The Labute approximate surface area is 142 Å². The Morgan fingerprint density at radius 1 is 1.33 bits per heavy atom. The van der Waals surface area contributed by atoms with Gasteiger partial charge in [0.1, 0.15) is 5.82 Å². The quantitative estimate of drug-likeness (QED) is 0.871. The summed E-state index contributed by atoms with van der Waals surface area (Å²) >= 11 is 0. The molecular formula is C17H24N6O. The lowest BCUT2D eigenvalue weighted by Crippen LogP contribution is -2.40. The van der Waals surface area contributed by atoms with Crippen molar-refractivity contribution in [3.05, 3.63) is 36.8 Å². The van der Waals surface area contributed by atoms with Crippen LogP contribution in [-0.2, 0) is 17.8 Å². The predicted molar refractivity (Wildman–Crippen MR) is 91.4 cm³/mol. The molecule has 128 valence electrons. The van der Waals surface area contributed by atoms with Crippen LogP contribution in [-0.4, -0.2) is 50.5 Å². The van der Waals surface area contributed by atoms with Gasteiger partial charge in [-0.3, -0.25) is 9.78 Å². The maximum atomic E-state index is 12.5. The van der Waals surface area contributed by atoms with Gasteiger partial charge in [0.05, 0.1) is 12.0 Å². The molecule has 3 heterocycles. The van der Waals surface area contributed by atoms with Crippen LogP contribution < -0.4 is 5.32 Å². The highest BCUT2D eigenvalue weighted by Crippen LogP contribution is 2.23. The molecule has 7 nitrogen and oxygen atoms in total. The molecule has 0 unspecified atom stereocenters. The Hall–Kier alpha value is -2.44. The van der Waals surface area contributed by atoms with E-state index in [0.717, 1.165) is 43.9 Å². The van der Waals surface area contributed by atoms with Crippen molar-refractivity contribution in [1.29, 1.82) is 0 Å². The highest BCUT2D eigenvalue weighted by atomic mass is 16.2. The number of aromatic nitrogens is 4. The molecule has 0 radical (unpaired) electrons. The van der Waals surface area contributed by atoms with Gasteiger partial charge in [-0.1, -0.05) is 0 Å². The number of hydrogen-bond donors (Lipinski definition) is 1. The number of piperidine rings is 1. The standard InChI is InChI=1S/C17H24N6O/c1-18-17-15(20-5-6-21-17)11-14-3-2-8-23(12-14)16(24)4-9-22-10-7-19-13-22/h5-7,10,13-14H,2-4,8-9,11-12H2,1H3,(H,18,21)/t14-/m1/s1. The van der Waals surface area contributed by atoms with Crippen LogP contribution in [0.15, 0.2) is 31.1 Å². The first-order valence-electron chi connectivity index (χ1n) is 8.47. The third-order valence-corrected chi connectivity index (χ3v) is 4.51. The summed E-state index contributed by atoms with van der Waals surface area (Å²) in [6.07, 6.45) is 12.4.